The van der Waals surface area contributed by atoms with Gasteiger partial charge in [-0.3, -0.25) is 9.59 Å². The molecule has 0 bridgehead atoms. The lowest BCUT2D eigenvalue weighted by atomic mass is 9.79. The van der Waals surface area contributed by atoms with Crippen LogP contribution in [-0.4, -0.2) is 24.1 Å². The molecular formula is C16H19NO4. The molecule has 2 atom stereocenters. The number of carbonyl (C=O) groups excluding carboxylic acids is 1. The smallest absolute Gasteiger partial charge is 0.307 e. The van der Waals surface area contributed by atoms with Gasteiger partial charge in [-0.25, -0.2) is 0 Å². The molecule has 21 heavy (non-hydrogen) atoms. The first-order valence-electron chi connectivity index (χ1n) is 6.84. The number of hydrogen-bond acceptors (Lipinski definition) is 3. The van der Waals surface area contributed by atoms with E-state index < -0.39 is 17.8 Å². The van der Waals surface area contributed by atoms with E-state index >= 15 is 0 Å². The summed E-state index contributed by atoms with van der Waals surface area (Å²) in [5, 5.41) is 12.0. The van der Waals surface area contributed by atoms with Crippen LogP contribution in [0.4, 0.5) is 5.69 Å². The van der Waals surface area contributed by atoms with Gasteiger partial charge in [-0.05, 0) is 44.0 Å². The number of ether oxygens (including phenoxy) is 1. The predicted octanol–water partition coefficient (Wildman–Crippen LogP) is 2.69. The zero-order valence-electron chi connectivity index (χ0n) is 12.1. The van der Waals surface area contributed by atoms with E-state index in [2.05, 4.69) is 5.32 Å². The second-order valence-electron chi connectivity index (χ2n) is 5.26. The van der Waals surface area contributed by atoms with Crippen molar-refractivity contribution in [2.45, 2.75) is 19.8 Å². The maximum absolute atomic E-state index is 12.3. The molecule has 5 heteroatoms. The van der Waals surface area contributed by atoms with Crippen LogP contribution in [0.1, 0.15) is 19.8 Å². The lowest BCUT2D eigenvalue weighted by Crippen LogP contribution is -2.35. The third-order valence-electron chi connectivity index (χ3n) is 3.76. The van der Waals surface area contributed by atoms with Gasteiger partial charge in [-0.1, -0.05) is 11.6 Å². The van der Waals surface area contributed by atoms with Crippen LogP contribution in [0.25, 0.3) is 0 Å². The molecule has 0 radical (unpaired) electrons. The fourth-order valence-electron chi connectivity index (χ4n) is 2.52. The van der Waals surface area contributed by atoms with E-state index in [1.807, 2.05) is 13.0 Å². The Bertz CT molecular complexity index is 562. The Morgan fingerprint density at radius 2 is 1.90 bits per heavy atom. The molecule has 5 nitrogen and oxygen atoms in total. The van der Waals surface area contributed by atoms with Gasteiger partial charge in [-0.15, -0.1) is 0 Å². The first kappa shape index (κ1) is 15.1. The first-order chi connectivity index (χ1) is 10.0. The molecule has 0 aromatic heterocycles. The number of carbonyl (C=O) groups is 2. The van der Waals surface area contributed by atoms with Gasteiger partial charge in [0.15, 0.2) is 0 Å². The van der Waals surface area contributed by atoms with Gasteiger partial charge in [0, 0.05) is 5.69 Å². The maximum Gasteiger partial charge on any atom is 0.307 e. The van der Waals surface area contributed by atoms with E-state index in [0.29, 0.717) is 24.3 Å². The van der Waals surface area contributed by atoms with E-state index in [9.17, 15) is 14.7 Å². The van der Waals surface area contributed by atoms with Crippen molar-refractivity contribution >= 4 is 17.6 Å². The molecule has 1 aliphatic rings. The number of carboxylic acid groups (broad SMARTS) is 1. The number of allylic oxidation sites excluding steroid dienone is 2. The summed E-state index contributed by atoms with van der Waals surface area (Å²) in [5.74, 6) is -1.66. The maximum atomic E-state index is 12.3. The Morgan fingerprint density at radius 3 is 2.48 bits per heavy atom. The average molecular weight is 289 g/mol. The van der Waals surface area contributed by atoms with Crippen LogP contribution in [0, 0.1) is 11.8 Å². The lowest BCUT2D eigenvalue weighted by Gasteiger charge is -2.26. The highest BCUT2D eigenvalue weighted by Crippen LogP contribution is 2.31. The highest BCUT2D eigenvalue weighted by Gasteiger charge is 2.35. The molecule has 0 aliphatic heterocycles. The van der Waals surface area contributed by atoms with E-state index in [4.69, 9.17) is 4.74 Å². The van der Waals surface area contributed by atoms with E-state index in [-0.39, 0.29) is 5.91 Å². The largest absolute Gasteiger partial charge is 0.497 e. The van der Waals surface area contributed by atoms with Crippen molar-refractivity contribution in [1.29, 1.82) is 0 Å². The summed E-state index contributed by atoms with van der Waals surface area (Å²) < 4.78 is 5.06. The summed E-state index contributed by atoms with van der Waals surface area (Å²) in [6.07, 6.45) is 2.79. The van der Waals surface area contributed by atoms with Crippen LogP contribution in [-0.2, 0) is 9.59 Å². The number of methoxy groups -OCH3 is 1. The Kier molecular flexibility index (Phi) is 4.62. The molecule has 0 saturated heterocycles. The standard InChI is InChI=1S/C16H19NO4/c1-10-3-8-13(16(19)20)14(9-10)15(18)17-11-4-6-12(21-2)7-5-11/h3-7,13-14H,8-9H2,1-2H3,(H,17,18)(H,19,20)/t13-,14+/m0/s1. The molecule has 1 aromatic carbocycles. The zero-order chi connectivity index (χ0) is 15.4. The summed E-state index contributed by atoms with van der Waals surface area (Å²) in [6, 6.07) is 6.96. The molecule has 1 amide bonds. The molecule has 0 saturated carbocycles. The number of rotatable bonds is 4. The Labute approximate surface area is 123 Å². The first-order valence-corrected chi connectivity index (χ1v) is 6.84. The van der Waals surface area contributed by atoms with Crippen molar-refractivity contribution in [2.24, 2.45) is 11.8 Å². The molecule has 2 rings (SSSR count). The summed E-state index contributed by atoms with van der Waals surface area (Å²) in [6.45, 7) is 1.92. The van der Waals surface area contributed by atoms with Crippen LogP contribution < -0.4 is 10.1 Å². The third-order valence-corrected chi connectivity index (χ3v) is 3.76. The van der Waals surface area contributed by atoms with Crippen molar-refractivity contribution in [3.63, 3.8) is 0 Å². The van der Waals surface area contributed by atoms with Gasteiger partial charge >= 0.3 is 5.97 Å². The molecule has 1 aromatic rings. The van der Waals surface area contributed by atoms with Crippen molar-refractivity contribution in [2.75, 3.05) is 12.4 Å². The third kappa shape index (κ3) is 3.62. The minimum absolute atomic E-state index is 0.250. The Balaban J connectivity index is 2.10. The summed E-state index contributed by atoms with van der Waals surface area (Å²) in [7, 11) is 1.57. The fourth-order valence-corrected chi connectivity index (χ4v) is 2.52. The number of hydrogen-bond donors (Lipinski definition) is 2. The SMILES string of the molecule is COc1ccc(NC(=O)[C@@H]2CC(C)=CC[C@@H]2C(=O)O)cc1. The fraction of sp³-hybridized carbons (Fsp3) is 0.375. The molecule has 0 heterocycles. The van der Waals surface area contributed by atoms with Gasteiger partial charge < -0.3 is 15.2 Å². The van der Waals surface area contributed by atoms with Crippen LogP contribution >= 0.6 is 0 Å². The highest BCUT2D eigenvalue weighted by molar-refractivity contribution is 5.95. The normalized spacial score (nSPS) is 21.3. The number of anilines is 1. The monoisotopic (exact) mass is 289 g/mol. The van der Waals surface area contributed by atoms with Gasteiger partial charge in [0.1, 0.15) is 5.75 Å². The lowest BCUT2D eigenvalue weighted by molar-refractivity contribution is -0.146. The van der Waals surface area contributed by atoms with Gasteiger partial charge in [0.05, 0.1) is 18.9 Å². The van der Waals surface area contributed by atoms with Crippen LogP contribution in [0.5, 0.6) is 5.75 Å². The molecule has 0 spiro atoms. The summed E-state index contributed by atoms with van der Waals surface area (Å²) in [4.78, 5) is 23.6. The van der Waals surface area contributed by atoms with Crippen molar-refractivity contribution < 1.29 is 19.4 Å². The molecule has 112 valence electrons. The average Bonchev–Trinajstić information content (AvgIpc) is 2.47. The van der Waals surface area contributed by atoms with Crippen LogP contribution in [0.3, 0.4) is 0 Å². The van der Waals surface area contributed by atoms with E-state index in [1.54, 1.807) is 31.4 Å². The second-order valence-corrected chi connectivity index (χ2v) is 5.26. The van der Waals surface area contributed by atoms with Crippen molar-refractivity contribution in [1.82, 2.24) is 0 Å². The van der Waals surface area contributed by atoms with Gasteiger partial charge in [0.25, 0.3) is 0 Å². The minimum Gasteiger partial charge on any atom is -0.497 e. The van der Waals surface area contributed by atoms with Gasteiger partial charge in [0.2, 0.25) is 5.91 Å². The second kappa shape index (κ2) is 6.43. The van der Waals surface area contributed by atoms with Crippen LogP contribution in [0.15, 0.2) is 35.9 Å². The predicted molar refractivity (Wildman–Crippen MR) is 79.2 cm³/mol. The number of nitrogens with one attached hydrogen (secondary N) is 1. The van der Waals surface area contributed by atoms with Gasteiger partial charge in [-0.2, -0.15) is 0 Å². The van der Waals surface area contributed by atoms with Crippen molar-refractivity contribution in [3.8, 4) is 5.75 Å². The topological polar surface area (TPSA) is 75.6 Å². The molecule has 0 unspecified atom stereocenters. The Morgan fingerprint density at radius 1 is 1.24 bits per heavy atom. The number of amides is 1. The summed E-state index contributed by atoms with van der Waals surface area (Å²) in [5.41, 5.74) is 1.69. The summed E-state index contributed by atoms with van der Waals surface area (Å²) >= 11 is 0. The zero-order valence-corrected chi connectivity index (χ0v) is 12.1. The molecular weight excluding hydrogens is 270 g/mol. The quantitative estimate of drug-likeness (QED) is 0.836. The molecule has 2 N–H and O–H groups in total. The number of aliphatic carboxylic acids is 1. The highest BCUT2D eigenvalue weighted by atomic mass is 16.5. The van der Waals surface area contributed by atoms with E-state index in [0.717, 1.165) is 5.57 Å². The molecule has 1 aliphatic carbocycles. The Hall–Kier alpha value is -2.30. The van der Waals surface area contributed by atoms with Crippen molar-refractivity contribution in [3.05, 3.63) is 35.9 Å². The number of carboxylic acids is 1. The molecule has 0 fully saturated rings. The van der Waals surface area contributed by atoms with Crippen LogP contribution in [0.2, 0.25) is 0 Å². The number of benzene rings is 1. The minimum atomic E-state index is -0.923. The van der Waals surface area contributed by atoms with E-state index in [1.165, 1.54) is 0 Å².